The lowest BCUT2D eigenvalue weighted by molar-refractivity contribution is 0.302. The van der Waals surface area contributed by atoms with E-state index in [4.69, 9.17) is 4.98 Å². The zero-order valence-electron chi connectivity index (χ0n) is 13.2. The number of rotatable bonds is 8. The Morgan fingerprint density at radius 3 is 2.86 bits per heavy atom. The first-order valence-corrected chi connectivity index (χ1v) is 7.69. The van der Waals surface area contributed by atoms with Crippen LogP contribution in [0.3, 0.4) is 0 Å². The summed E-state index contributed by atoms with van der Waals surface area (Å²) < 4.78 is 2.13. The van der Waals surface area contributed by atoms with Crippen LogP contribution in [0.4, 0.5) is 5.82 Å². The lowest BCUT2D eigenvalue weighted by Crippen LogP contribution is -2.29. The number of anilines is 1. The Hall–Kier alpha value is -1.59. The summed E-state index contributed by atoms with van der Waals surface area (Å²) in [5, 5.41) is 12.7. The van der Waals surface area contributed by atoms with Gasteiger partial charge in [0.2, 0.25) is 0 Å². The SMILES string of the molecule is CCN(CCO)c1nc2ccccn2c1CNCC(C)C. The normalized spacial score (nSPS) is 11.5. The maximum Gasteiger partial charge on any atom is 0.152 e. The average Bonchev–Trinajstić information content (AvgIpc) is 2.83. The van der Waals surface area contributed by atoms with Crippen LogP contribution >= 0.6 is 0 Å². The van der Waals surface area contributed by atoms with Crippen LogP contribution in [0, 0.1) is 5.92 Å². The van der Waals surface area contributed by atoms with Gasteiger partial charge in [0.05, 0.1) is 12.3 Å². The van der Waals surface area contributed by atoms with Gasteiger partial charge in [-0.15, -0.1) is 0 Å². The zero-order chi connectivity index (χ0) is 15.2. The number of nitrogens with zero attached hydrogens (tertiary/aromatic N) is 3. The maximum absolute atomic E-state index is 9.25. The first-order chi connectivity index (χ1) is 10.2. The van der Waals surface area contributed by atoms with Crippen LogP contribution < -0.4 is 10.2 Å². The molecule has 0 radical (unpaired) electrons. The van der Waals surface area contributed by atoms with Crippen molar-refractivity contribution < 1.29 is 5.11 Å². The number of pyridine rings is 1. The van der Waals surface area contributed by atoms with Crippen LogP contribution in [0.25, 0.3) is 5.65 Å². The molecule has 0 aliphatic heterocycles. The van der Waals surface area contributed by atoms with Gasteiger partial charge in [-0.05, 0) is 31.5 Å². The Labute approximate surface area is 126 Å². The summed E-state index contributed by atoms with van der Waals surface area (Å²) in [6, 6.07) is 6.04. The molecule has 0 amide bonds. The topological polar surface area (TPSA) is 52.8 Å². The first kappa shape index (κ1) is 15.8. The number of imidazole rings is 1. The second kappa shape index (κ2) is 7.43. The highest BCUT2D eigenvalue weighted by Crippen LogP contribution is 2.21. The number of fused-ring (bicyclic) bond motifs is 1. The first-order valence-electron chi connectivity index (χ1n) is 7.69. The number of aromatic nitrogens is 2. The fourth-order valence-corrected chi connectivity index (χ4v) is 2.47. The van der Waals surface area contributed by atoms with Gasteiger partial charge in [-0.25, -0.2) is 4.98 Å². The van der Waals surface area contributed by atoms with Gasteiger partial charge in [-0.2, -0.15) is 0 Å². The van der Waals surface area contributed by atoms with Gasteiger partial charge >= 0.3 is 0 Å². The number of likely N-dealkylation sites (N-methyl/N-ethyl adjacent to an activating group) is 1. The van der Waals surface area contributed by atoms with Crippen LogP contribution in [-0.4, -0.2) is 40.7 Å². The van der Waals surface area contributed by atoms with E-state index in [1.807, 2.05) is 24.4 Å². The van der Waals surface area contributed by atoms with E-state index in [1.165, 1.54) is 0 Å². The Morgan fingerprint density at radius 1 is 1.38 bits per heavy atom. The van der Waals surface area contributed by atoms with E-state index in [-0.39, 0.29) is 6.61 Å². The van der Waals surface area contributed by atoms with Gasteiger partial charge in [0.1, 0.15) is 5.65 Å². The molecule has 2 aromatic rings. The van der Waals surface area contributed by atoms with Crippen LogP contribution in [-0.2, 0) is 6.54 Å². The molecule has 2 aromatic heterocycles. The third-order valence-electron chi connectivity index (χ3n) is 3.50. The van der Waals surface area contributed by atoms with Gasteiger partial charge in [0.15, 0.2) is 5.82 Å². The lowest BCUT2D eigenvalue weighted by Gasteiger charge is -2.21. The molecule has 0 bridgehead atoms. The fraction of sp³-hybridized carbons (Fsp3) is 0.562. The molecule has 5 nitrogen and oxygen atoms in total. The predicted octanol–water partition coefficient (Wildman–Crippen LogP) is 1.90. The number of aliphatic hydroxyl groups is 1. The second-order valence-corrected chi connectivity index (χ2v) is 5.64. The van der Waals surface area contributed by atoms with Gasteiger partial charge in [-0.1, -0.05) is 19.9 Å². The lowest BCUT2D eigenvalue weighted by atomic mass is 10.2. The minimum absolute atomic E-state index is 0.139. The van der Waals surface area contributed by atoms with Crippen molar-refractivity contribution >= 4 is 11.5 Å². The molecule has 0 saturated carbocycles. The summed E-state index contributed by atoms with van der Waals surface area (Å²) in [5.74, 6) is 1.58. The van der Waals surface area contributed by atoms with E-state index in [0.717, 1.165) is 36.8 Å². The molecule has 0 spiro atoms. The summed E-state index contributed by atoms with van der Waals surface area (Å²) in [5.41, 5.74) is 2.10. The van der Waals surface area contributed by atoms with Crippen molar-refractivity contribution in [1.29, 1.82) is 0 Å². The maximum atomic E-state index is 9.25. The number of hydrogen-bond donors (Lipinski definition) is 2. The number of hydrogen-bond acceptors (Lipinski definition) is 4. The molecule has 0 aromatic carbocycles. The molecule has 21 heavy (non-hydrogen) atoms. The van der Waals surface area contributed by atoms with E-state index in [2.05, 4.69) is 35.4 Å². The minimum atomic E-state index is 0.139. The van der Waals surface area contributed by atoms with Crippen LogP contribution in [0.15, 0.2) is 24.4 Å². The number of aliphatic hydroxyl groups excluding tert-OH is 1. The molecule has 2 N–H and O–H groups in total. The number of nitrogens with one attached hydrogen (secondary N) is 1. The average molecular weight is 290 g/mol. The molecule has 2 rings (SSSR count). The van der Waals surface area contributed by atoms with Crippen molar-refractivity contribution in [2.24, 2.45) is 5.92 Å². The summed E-state index contributed by atoms with van der Waals surface area (Å²) in [4.78, 5) is 6.86. The molecule has 0 saturated heterocycles. The highest BCUT2D eigenvalue weighted by Gasteiger charge is 2.16. The van der Waals surface area contributed by atoms with Gasteiger partial charge in [0.25, 0.3) is 0 Å². The molecular weight excluding hydrogens is 264 g/mol. The monoisotopic (exact) mass is 290 g/mol. The molecular formula is C16H26N4O. The van der Waals surface area contributed by atoms with Crippen molar-refractivity contribution in [2.75, 3.05) is 31.1 Å². The largest absolute Gasteiger partial charge is 0.395 e. The Balaban J connectivity index is 2.33. The summed E-state index contributed by atoms with van der Waals surface area (Å²) >= 11 is 0. The smallest absolute Gasteiger partial charge is 0.152 e. The van der Waals surface area contributed by atoms with Crippen molar-refractivity contribution in [1.82, 2.24) is 14.7 Å². The quantitative estimate of drug-likeness (QED) is 0.779. The van der Waals surface area contributed by atoms with Gasteiger partial charge in [-0.3, -0.25) is 0 Å². The van der Waals surface area contributed by atoms with Gasteiger partial charge < -0.3 is 19.7 Å². The predicted molar refractivity (Wildman–Crippen MR) is 86.7 cm³/mol. The van der Waals surface area contributed by atoms with Crippen molar-refractivity contribution in [3.8, 4) is 0 Å². The van der Waals surface area contributed by atoms with Crippen molar-refractivity contribution in [2.45, 2.75) is 27.3 Å². The molecule has 0 fully saturated rings. The molecule has 0 atom stereocenters. The van der Waals surface area contributed by atoms with Crippen LogP contribution in [0.1, 0.15) is 26.5 Å². The molecule has 5 heteroatoms. The summed E-state index contributed by atoms with van der Waals surface area (Å²) in [7, 11) is 0. The summed E-state index contributed by atoms with van der Waals surface area (Å²) in [6.07, 6.45) is 2.05. The molecule has 116 valence electrons. The van der Waals surface area contributed by atoms with Crippen molar-refractivity contribution in [3.63, 3.8) is 0 Å². The molecule has 2 heterocycles. The third-order valence-corrected chi connectivity index (χ3v) is 3.50. The van der Waals surface area contributed by atoms with E-state index < -0.39 is 0 Å². The second-order valence-electron chi connectivity index (χ2n) is 5.64. The highest BCUT2D eigenvalue weighted by atomic mass is 16.3. The molecule has 0 unspecified atom stereocenters. The third kappa shape index (κ3) is 3.74. The molecule has 0 aliphatic rings. The van der Waals surface area contributed by atoms with Crippen LogP contribution in [0.5, 0.6) is 0 Å². The van der Waals surface area contributed by atoms with E-state index >= 15 is 0 Å². The minimum Gasteiger partial charge on any atom is -0.395 e. The fourth-order valence-electron chi connectivity index (χ4n) is 2.47. The zero-order valence-corrected chi connectivity index (χ0v) is 13.2. The molecule has 0 aliphatic carbocycles. The van der Waals surface area contributed by atoms with Crippen molar-refractivity contribution in [3.05, 3.63) is 30.1 Å². The van der Waals surface area contributed by atoms with E-state index in [0.29, 0.717) is 12.5 Å². The van der Waals surface area contributed by atoms with Gasteiger partial charge in [0, 0.05) is 25.8 Å². The van der Waals surface area contributed by atoms with E-state index in [9.17, 15) is 5.11 Å². The van der Waals surface area contributed by atoms with Crippen LogP contribution in [0.2, 0.25) is 0 Å². The summed E-state index contributed by atoms with van der Waals surface area (Å²) in [6.45, 7) is 9.83. The highest BCUT2D eigenvalue weighted by molar-refractivity contribution is 5.56. The van der Waals surface area contributed by atoms with E-state index in [1.54, 1.807) is 0 Å². The standard InChI is InChI=1S/C16H26N4O/c1-4-19(9-10-21)16-14(12-17-11-13(2)3)20-8-6-5-7-15(20)18-16/h5-8,13,17,21H,4,9-12H2,1-3H3. The Kier molecular flexibility index (Phi) is 5.59. The Morgan fingerprint density at radius 2 is 2.19 bits per heavy atom. The Bertz CT molecular complexity index is 564.